The van der Waals surface area contributed by atoms with Gasteiger partial charge >= 0.3 is 0 Å². The minimum atomic E-state index is -0.382. The lowest BCUT2D eigenvalue weighted by molar-refractivity contribution is 0.0207. The maximum atomic E-state index is 13.1. The second-order valence-corrected chi connectivity index (χ2v) is 9.00. The average Bonchev–Trinajstić information content (AvgIpc) is 3.25. The Hall–Kier alpha value is -2.82. The van der Waals surface area contributed by atoms with Gasteiger partial charge < -0.3 is 14.2 Å². The van der Waals surface area contributed by atoms with Gasteiger partial charge in [-0.25, -0.2) is 4.98 Å². The summed E-state index contributed by atoms with van der Waals surface area (Å²) in [5.74, 6) is 0.111. The smallest absolute Gasteiger partial charge is 0.296 e. The molecule has 9 nitrogen and oxygen atoms in total. The standard InChI is InChI=1S/C22H24ClN5O4S/c1-12-7-15(16-9-19(23)25-11-18(16)31-3)17(10-24-12)20(29)26-21-27-28-22(33-21)32-14-6-4-5-13(8-14)30-2/h7,9-11,13-14H,4-6,8H2,1-3H3,(H,26,27,29)/t13-,14-/m1/s1. The van der Waals surface area contributed by atoms with E-state index in [1.165, 1.54) is 30.8 Å². The van der Waals surface area contributed by atoms with Crippen LogP contribution in [0.25, 0.3) is 11.1 Å². The molecule has 4 rings (SSSR count). The van der Waals surface area contributed by atoms with Crippen molar-refractivity contribution in [1.29, 1.82) is 0 Å². The molecule has 1 aliphatic rings. The molecule has 2 atom stereocenters. The van der Waals surface area contributed by atoms with Crippen molar-refractivity contribution in [2.24, 2.45) is 0 Å². The molecule has 1 amide bonds. The molecule has 0 radical (unpaired) electrons. The Balaban J connectivity index is 1.53. The number of anilines is 1. The summed E-state index contributed by atoms with van der Waals surface area (Å²) in [6, 6.07) is 3.45. The van der Waals surface area contributed by atoms with Crippen LogP contribution in [0.15, 0.2) is 24.5 Å². The van der Waals surface area contributed by atoms with Crippen molar-refractivity contribution in [3.05, 3.63) is 40.9 Å². The molecule has 3 heterocycles. The van der Waals surface area contributed by atoms with Crippen LogP contribution in [0.2, 0.25) is 5.15 Å². The first-order valence-corrected chi connectivity index (χ1v) is 11.7. The molecule has 174 valence electrons. The van der Waals surface area contributed by atoms with E-state index in [0.29, 0.717) is 32.8 Å². The number of nitrogens with zero attached hydrogens (tertiary/aromatic N) is 4. The van der Waals surface area contributed by atoms with Crippen molar-refractivity contribution in [3.63, 3.8) is 0 Å². The number of ether oxygens (including phenoxy) is 3. The van der Waals surface area contributed by atoms with Crippen LogP contribution in [0.4, 0.5) is 5.13 Å². The van der Waals surface area contributed by atoms with Gasteiger partial charge in [-0.1, -0.05) is 16.7 Å². The molecule has 1 aliphatic carbocycles. The Labute approximate surface area is 200 Å². The number of halogens is 1. The van der Waals surface area contributed by atoms with Gasteiger partial charge in [0.2, 0.25) is 5.13 Å². The average molecular weight is 490 g/mol. The van der Waals surface area contributed by atoms with E-state index in [4.69, 9.17) is 25.8 Å². The number of hydrogen-bond donors (Lipinski definition) is 1. The number of rotatable bonds is 7. The first-order chi connectivity index (χ1) is 16.0. The van der Waals surface area contributed by atoms with Gasteiger partial charge in [-0.3, -0.25) is 15.1 Å². The zero-order chi connectivity index (χ0) is 23.4. The minimum Gasteiger partial charge on any atom is -0.494 e. The number of pyridine rings is 2. The lowest BCUT2D eigenvalue weighted by Crippen LogP contribution is -2.29. The maximum Gasteiger partial charge on any atom is 0.296 e. The number of nitrogens with one attached hydrogen (secondary N) is 1. The van der Waals surface area contributed by atoms with E-state index in [2.05, 4.69) is 25.5 Å². The second-order valence-electron chi connectivity index (χ2n) is 7.67. The number of methoxy groups -OCH3 is 2. The topological polar surface area (TPSA) is 108 Å². The number of aromatic nitrogens is 4. The molecule has 0 bridgehead atoms. The molecular formula is C22H24ClN5O4S. The summed E-state index contributed by atoms with van der Waals surface area (Å²) in [6.45, 7) is 1.84. The van der Waals surface area contributed by atoms with Gasteiger partial charge in [0.1, 0.15) is 17.0 Å². The zero-order valence-electron chi connectivity index (χ0n) is 18.5. The highest BCUT2D eigenvalue weighted by molar-refractivity contribution is 7.17. The summed E-state index contributed by atoms with van der Waals surface area (Å²) in [4.78, 5) is 21.5. The molecule has 0 aliphatic heterocycles. The van der Waals surface area contributed by atoms with Crippen LogP contribution in [-0.4, -0.2) is 52.5 Å². The predicted octanol–water partition coefficient (Wildman–Crippen LogP) is 4.55. The van der Waals surface area contributed by atoms with Crippen LogP contribution in [0.3, 0.4) is 0 Å². The summed E-state index contributed by atoms with van der Waals surface area (Å²) in [7, 11) is 3.25. The molecule has 33 heavy (non-hydrogen) atoms. The van der Waals surface area contributed by atoms with Crippen LogP contribution in [0.5, 0.6) is 10.9 Å². The minimum absolute atomic E-state index is 0.0250. The monoisotopic (exact) mass is 489 g/mol. The predicted molar refractivity (Wildman–Crippen MR) is 125 cm³/mol. The van der Waals surface area contributed by atoms with Crippen molar-refractivity contribution < 1.29 is 19.0 Å². The van der Waals surface area contributed by atoms with E-state index in [1.54, 1.807) is 19.2 Å². The Bertz CT molecular complexity index is 1140. The summed E-state index contributed by atoms with van der Waals surface area (Å²) >= 11 is 7.28. The summed E-state index contributed by atoms with van der Waals surface area (Å²) in [5.41, 5.74) is 2.34. The van der Waals surface area contributed by atoms with Crippen molar-refractivity contribution >= 4 is 34.0 Å². The van der Waals surface area contributed by atoms with Gasteiger partial charge in [-0.05, 0) is 49.7 Å². The molecule has 1 saturated carbocycles. The maximum absolute atomic E-state index is 13.1. The number of carbonyl (C=O) groups is 1. The van der Waals surface area contributed by atoms with Crippen LogP contribution < -0.4 is 14.8 Å². The fourth-order valence-corrected chi connectivity index (χ4v) is 4.61. The third-order valence-electron chi connectivity index (χ3n) is 5.44. The Morgan fingerprint density at radius 3 is 2.73 bits per heavy atom. The number of carbonyl (C=O) groups excluding carboxylic acids is 1. The van der Waals surface area contributed by atoms with Gasteiger partial charge in [-0.2, -0.15) is 0 Å². The van der Waals surface area contributed by atoms with Crippen molar-refractivity contribution in [2.45, 2.75) is 44.8 Å². The van der Waals surface area contributed by atoms with E-state index in [1.807, 2.05) is 6.92 Å². The number of amides is 1. The van der Waals surface area contributed by atoms with Gasteiger partial charge in [0, 0.05) is 36.5 Å². The lowest BCUT2D eigenvalue weighted by Gasteiger charge is -2.27. The van der Waals surface area contributed by atoms with E-state index in [-0.39, 0.29) is 23.3 Å². The molecule has 0 unspecified atom stereocenters. The molecule has 0 aromatic carbocycles. The van der Waals surface area contributed by atoms with E-state index < -0.39 is 0 Å². The highest BCUT2D eigenvalue weighted by Gasteiger charge is 2.25. The second kappa shape index (κ2) is 10.4. The van der Waals surface area contributed by atoms with Crippen LogP contribution >= 0.6 is 22.9 Å². The van der Waals surface area contributed by atoms with Crippen LogP contribution in [0, 0.1) is 6.92 Å². The van der Waals surface area contributed by atoms with E-state index in [0.717, 1.165) is 31.4 Å². The third kappa shape index (κ3) is 5.58. The zero-order valence-corrected chi connectivity index (χ0v) is 20.1. The highest BCUT2D eigenvalue weighted by atomic mass is 35.5. The number of aryl methyl sites for hydroxylation is 1. The van der Waals surface area contributed by atoms with Gasteiger partial charge in [0.25, 0.3) is 11.1 Å². The summed E-state index contributed by atoms with van der Waals surface area (Å²) in [6.07, 6.45) is 7.08. The van der Waals surface area contributed by atoms with Crippen molar-refractivity contribution in [3.8, 4) is 22.1 Å². The fraction of sp³-hybridized carbons (Fsp3) is 0.409. The largest absolute Gasteiger partial charge is 0.494 e. The van der Waals surface area contributed by atoms with Gasteiger partial charge in [0.05, 0.1) is 25.0 Å². The quantitative estimate of drug-likeness (QED) is 0.481. The molecule has 1 fully saturated rings. The van der Waals surface area contributed by atoms with Gasteiger partial charge in [-0.15, -0.1) is 5.10 Å². The van der Waals surface area contributed by atoms with Crippen LogP contribution in [-0.2, 0) is 4.74 Å². The Morgan fingerprint density at radius 1 is 1.12 bits per heavy atom. The normalized spacial score (nSPS) is 18.1. The molecule has 11 heteroatoms. The van der Waals surface area contributed by atoms with Crippen molar-refractivity contribution in [1.82, 2.24) is 20.2 Å². The lowest BCUT2D eigenvalue weighted by atomic mass is 9.95. The highest BCUT2D eigenvalue weighted by Crippen LogP contribution is 2.34. The van der Waals surface area contributed by atoms with E-state index >= 15 is 0 Å². The number of hydrogen-bond acceptors (Lipinski definition) is 9. The Kier molecular flexibility index (Phi) is 7.36. The SMILES string of the molecule is COc1cnc(Cl)cc1-c1cc(C)ncc1C(=O)Nc1nnc(O[C@@H]2CCC[C@@H](OC)C2)s1. The van der Waals surface area contributed by atoms with Crippen LogP contribution in [0.1, 0.15) is 41.7 Å². The molecule has 0 saturated heterocycles. The first kappa shape index (κ1) is 23.3. The molecule has 3 aromatic heterocycles. The fourth-order valence-electron chi connectivity index (χ4n) is 3.79. The molecule has 1 N–H and O–H groups in total. The molecular weight excluding hydrogens is 466 g/mol. The molecule has 3 aromatic rings. The molecule has 0 spiro atoms. The van der Waals surface area contributed by atoms with E-state index in [9.17, 15) is 4.79 Å². The summed E-state index contributed by atoms with van der Waals surface area (Å²) < 4.78 is 16.8. The first-order valence-electron chi connectivity index (χ1n) is 10.5. The van der Waals surface area contributed by atoms with Gasteiger partial charge in [0.15, 0.2) is 0 Å². The summed E-state index contributed by atoms with van der Waals surface area (Å²) in [5, 5.41) is 12.0. The Morgan fingerprint density at radius 2 is 1.94 bits per heavy atom. The van der Waals surface area contributed by atoms with Crippen molar-refractivity contribution in [2.75, 3.05) is 19.5 Å². The third-order valence-corrected chi connectivity index (χ3v) is 6.37.